The highest BCUT2D eigenvalue weighted by Gasteiger charge is 2.05. The van der Waals surface area contributed by atoms with Gasteiger partial charge in [-0.3, -0.25) is 4.79 Å². The van der Waals surface area contributed by atoms with Crippen LogP contribution in [-0.2, 0) is 11.2 Å². The van der Waals surface area contributed by atoms with Crippen molar-refractivity contribution in [3.8, 4) is 0 Å². The van der Waals surface area contributed by atoms with Gasteiger partial charge in [-0.1, -0.05) is 6.07 Å². The molecule has 1 amide bonds. The first-order chi connectivity index (χ1) is 8.99. The molecule has 0 saturated heterocycles. The molecule has 106 valence electrons. The van der Waals surface area contributed by atoms with E-state index in [1.54, 1.807) is 6.92 Å². The van der Waals surface area contributed by atoms with E-state index in [1.807, 2.05) is 0 Å². The van der Waals surface area contributed by atoms with Crippen molar-refractivity contribution < 1.29 is 18.7 Å². The van der Waals surface area contributed by atoms with Crippen LogP contribution >= 0.6 is 0 Å². The standard InChI is InChI=1S/C14H19F2NO2/c1-10(18)3-2-8-17-14(19)7-5-11-4-6-12(15)13(16)9-11/h4,6,9-10,18H,2-3,5,7-8H2,1H3,(H,17,19). The average molecular weight is 271 g/mol. The molecule has 1 aromatic rings. The molecule has 19 heavy (non-hydrogen) atoms. The van der Waals surface area contributed by atoms with Crippen LogP contribution < -0.4 is 5.32 Å². The van der Waals surface area contributed by atoms with E-state index in [9.17, 15) is 13.6 Å². The number of aryl methyl sites for hydroxylation is 1. The fourth-order valence-electron chi connectivity index (χ4n) is 1.67. The molecule has 0 bridgehead atoms. The summed E-state index contributed by atoms with van der Waals surface area (Å²) in [6.45, 7) is 2.21. The van der Waals surface area contributed by atoms with Crippen molar-refractivity contribution in [2.75, 3.05) is 6.54 Å². The average Bonchev–Trinajstić information content (AvgIpc) is 2.36. The highest BCUT2D eigenvalue weighted by molar-refractivity contribution is 5.76. The van der Waals surface area contributed by atoms with Gasteiger partial charge in [0.15, 0.2) is 11.6 Å². The summed E-state index contributed by atoms with van der Waals surface area (Å²) in [5.41, 5.74) is 0.595. The third-order valence-electron chi connectivity index (χ3n) is 2.75. The van der Waals surface area contributed by atoms with Crippen LogP contribution in [0.4, 0.5) is 8.78 Å². The van der Waals surface area contributed by atoms with Crippen molar-refractivity contribution in [3.05, 3.63) is 35.4 Å². The van der Waals surface area contributed by atoms with E-state index in [0.29, 0.717) is 31.4 Å². The predicted molar refractivity (Wildman–Crippen MR) is 68.6 cm³/mol. The minimum absolute atomic E-state index is 0.129. The normalized spacial score (nSPS) is 12.2. The first-order valence-corrected chi connectivity index (χ1v) is 6.37. The van der Waals surface area contributed by atoms with Crippen LogP contribution in [0.25, 0.3) is 0 Å². The Hall–Kier alpha value is -1.49. The van der Waals surface area contributed by atoms with Crippen LogP contribution in [0.1, 0.15) is 31.7 Å². The number of halogens is 2. The van der Waals surface area contributed by atoms with Crippen molar-refractivity contribution in [1.29, 1.82) is 0 Å². The second kappa shape index (κ2) is 7.84. The van der Waals surface area contributed by atoms with E-state index in [1.165, 1.54) is 6.07 Å². The fraction of sp³-hybridized carbons (Fsp3) is 0.500. The summed E-state index contributed by atoms with van der Waals surface area (Å²) >= 11 is 0. The number of carbonyl (C=O) groups is 1. The maximum absolute atomic E-state index is 12.9. The third-order valence-corrected chi connectivity index (χ3v) is 2.75. The van der Waals surface area contributed by atoms with E-state index >= 15 is 0 Å². The molecule has 0 aliphatic rings. The van der Waals surface area contributed by atoms with Gasteiger partial charge in [0, 0.05) is 13.0 Å². The van der Waals surface area contributed by atoms with Gasteiger partial charge in [0.2, 0.25) is 5.91 Å². The lowest BCUT2D eigenvalue weighted by atomic mass is 10.1. The van der Waals surface area contributed by atoms with Crippen LogP contribution in [0.15, 0.2) is 18.2 Å². The highest BCUT2D eigenvalue weighted by Crippen LogP contribution is 2.10. The van der Waals surface area contributed by atoms with Gasteiger partial charge >= 0.3 is 0 Å². The van der Waals surface area contributed by atoms with Crippen LogP contribution in [0.2, 0.25) is 0 Å². The monoisotopic (exact) mass is 271 g/mol. The Morgan fingerprint density at radius 2 is 2.11 bits per heavy atom. The minimum Gasteiger partial charge on any atom is -0.393 e. The van der Waals surface area contributed by atoms with Crippen molar-refractivity contribution in [3.63, 3.8) is 0 Å². The van der Waals surface area contributed by atoms with E-state index in [-0.39, 0.29) is 18.4 Å². The Morgan fingerprint density at radius 1 is 1.37 bits per heavy atom. The largest absolute Gasteiger partial charge is 0.393 e. The summed E-state index contributed by atoms with van der Waals surface area (Å²) in [4.78, 5) is 11.5. The molecular weight excluding hydrogens is 252 g/mol. The van der Waals surface area contributed by atoms with E-state index in [2.05, 4.69) is 5.32 Å². The van der Waals surface area contributed by atoms with Crippen LogP contribution in [-0.4, -0.2) is 23.7 Å². The molecule has 1 rings (SSSR count). The zero-order valence-corrected chi connectivity index (χ0v) is 11.0. The molecule has 0 radical (unpaired) electrons. The molecule has 0 saturated carbocycles. The topological polar surface area (TPSA) is 49.3 Å². The maximum Gasteiger partial charge on any atom is 0.220 e. The van der Waals surface area contributed by atoms with Crippen molar-refractivity contribution >= 4 is 5.91 Å². The molecule has 0 aliphatic carbocycles. The molecule has 0 spiro atoms. The summed E-state index contributed by atoms with van der Waals surface area (Å²) in [6, 6.07) is 3.64. The lowest BCUT2D eigenvalue weighted by molar-refractivity contribution is -0.121. The number of benzene rings is 1. The zero-order chi connectivity index (χ0) is 14.3. The van der Waals surface area contributed by atoms with Crippen molar-refractivity contribution in [2.45, 2.75) is 38.7 Å². The number of carbonyl (C=O) groups excluding carboxylic acids is 1. The van der Waals surface area contributed by atoms with Gasteiger partial charge < -0.3 is 10.4 Å². The fourth-order valence-corrected chi connectivity index (χ4v) is 1.67. The van der Waals surface area contributed by atoms with Gasteiger partial charge in [-0.05, 0) is 43.9 Å². The molecule has 1 unspecified atom stereocenters. The summed E-state index contributed by atoms with van der Waals surface area (Å²) < 4.78 is 25.6. The summed E-state index contributed by atoms with van der Waals surface area (Å²) in [5.74, 6) is -1.91. The summed E-state index contributed by atoms with van der Waals surface area (Å²) in [6.07, 6.45) is 1.61. The lowest BCUT2D eigenvalue weighted by Crippen LogP contribution is -2.25. The smallest absolute Gasteiger partial charge is 0.220 e. The van der Waals surface area contributed by atoms with Crippen molar-refractivity contribution in [1.82, 2.24) is 5.32 Å². The molecule has 2 N–H and O–H groups in total. The zero-order valence-electron chi connectivity index (χ0n) is 11.0. The van der Waals surface area contributed by atoms with Gasteiger partial charge in [-0.25, -0.2) is 8.78 Å². The number of hydrogen-bond acceptors (Lipinski definition) is 2. The molecular formula is C14H19F2NO2. The number of nitrogens with one attached hydrogen (secondary N) is 1. The van der Waals surface area contributed by atoms with Crippen LogP contribution in [0.5, 0.6) is 0 Å². The number of amides is 1. The van der Waals surface area contributed by atoms with Gasteiger partial charge in [0.1, 0.15) is 0 Å². The summed E-state index contributed by atoms with van der Waals surface area (Å²) in [7, 11) is 0. The lowest BCUT2D eigenvalue weighted by Gasteiger charge is -2.06. The van der Waals surface area contributed by atoms with Crippen LogP contribution in [0, 0.1) is 11.6 Å². The van der Waals surface area contributed by atoms with E-state index in [0.717, 1.165) is 12.1 Å². The molecule has 5 heteroatoms. The Morgan fingerprint density at radius 3 is 2.74 bits per heavy atom. The predicted octanol–water partition coefficient (Wildman–Crippen LogP) is 2.17. The van der Waals surface area contributed by atoms with Gasteiger partial charge in [0.05, 0.1) is 6.10 Å². The van der Waals surface area contributed by atoms with E-state index in [4.69, 9.17) is 5.11 Å². The van der Waals surface area contributed by atoms with Gasteiger partial charge in [-0.2, -0.15) is 0 Å². The quantitative estimate of drug-likeness (QED) is 0.747. The molecule has 1 aromatic carbocycles. The van der Waals surface area contributed by atoms with Gasteiger partial charge in [-0.15, -0.1) is 0 Å². The third kappa shape index (κ3) is 6.29. The van der Waals surface area contributed by atoms with Gasteiger partial charge in [0.25, 0.3) is 0 Å². The SMILES string of the molecule is CC(O)CCCNC(=O)CCc1ccc(F)c(F)c1. The Kier molecular flexibility index (Phi) is 6.42. The van der Waals surface area contributed by atoms with E-state index < -0.39 is 11.6 Å². The summed E-state index contributed by atoms with van der Waals surface area (Å²) in [5, 5.41) is 11.8. The molecule has 3 nitrogen and oxygen atoms in total. The molecule has 0 aromatic heterocycles. The van der Waals surface area contributed by atoms with Crippen LogP contribution in [0.3, 0.4) is 0 Å². The number of aliphatic hydroxyl groups is 1. The number of rotatable bonds is 7. The molecule has 0 aliphatic heterocycles. The molecule has 1 atom stereocenters. The number of aliphatic hydroxyl groups excluding tert-OH is 1. The number of hydrogen-bond donors (Lipinski definition) is 2. The van der Waals surface area contributed by atoms with Crippen molar-refractivity contribution in [2.24, 2.45) is 0 Å². The molecule has 0 fully saturated rings. The highest BCUT2D eigenvalue weighted by atomic mass is 19.2. The Balaban J connectivity index is 2.24. The first-order valence-electron chi connectivity index (χ1n) is 6.37. The second-order valence-corrected chi connectivity index (χ2v) is 4.59. The maximum atomic E-state index is 12.9. The Bertz CT molecular complexity index is 422. The molecule has 0 heterocycles. The second-order valence-electron chi connectivity index (χ2n) is 4.59. The first kappa shape index (κ1) is 15.6. The minimum atomic E-state index is -0.894. The Labute approximate surface area is 111 Å².